The summed E-state index contributed by atoms with van der Waals surface area (Å²) in [5, 5.41) is 35.9. The van der Waals surface area contributed by atoms with Gasteiger partial charge in [0.15, 0.2) is 29.2 Å². The number of carbonyl (C=O) groups is 3. The molecule has 26 nitrogen and oxygen atoms in total. The van der Waals surface area contributed by atoms with E-state index >= 15 is 0 Å². The third kappa shape index (κ3) is 14.6. The van der Waals surface area contributed by atoms with E-state index in [0.29, 0.717) is 5.56 Å². The Labute approximate surface area is 350 Å². The molecule has 0 aliphatic carbocycles. The number of phenols is 1. The van der Waals surface area contributed by atoms with E-state index in [1.54, 1.807) is 12.1 Å². The Kier molecular flexibility index (Phi) is 17.1. The second-order valence-corrected chi connectivity index (χ2v) is 18.8. The Morgan fingerprint density at radius 2 is 1.77 bits per heavy atom. The van der Waals surface area contributed by atoms with Crippen LogP contribution >= 0.6 is 35.2 Å². The van der Waals surface area contributed by atoms with Crippen LogP contribution in [0, 0.1) is 5.41 Å². The number of anilines is 1. The summed E-state index contributed by atoms with van der Waals surface area (Å²) in [5.41, 5.74) is 4.79. The predicted octanol–water partition coefficient (Wildman–Crippen LogP) is 0.0923. The highest BCUT2D eigenvalue weighted by Crippen LogP contribution is 2.61. The number of thioether (sulfide) groups is 1. The molecule has 0 radical (unpaired) electrons. The van der Waals surface area contributed by atoms with E-state index in [9.17, 15) is 63.0 Å². The summed E-state index contributed by atoms with van der Waals surface area (Å²) in [6, 6.07) is 4.61. The van der Waals surface area contributed by atoms with Crippen LogP contribution < -0.4 is 21.1 Å². The molecule has 338 valence electrons. The maximum absolute atomic E-state index is 12.7. The number of fused-ring (bicyclic) bond motifs is 1. The van der Waals surface area contributed by atoms with Gasteiger partial charge in [0, 0.05) is 30.7 Å². The third-order valence-corrected chi connectivity index (χ3v) is 12.3. The average Bonchev–Trinajstić information content (AvgIpc) is 3.73. The van der Waals surface area contributed by atoms with E-state index in [0.717, 1.165) is 29.0 Å². The van der Waals surface area contributed by atoms with E-state index < -0.39 is 84.6 Å². The number of aliphatic hydroxyl groups is 2. The number of amides is 2. The maximum Gasteiger partial charge on any atom is 0.481 e. The third-order valence-electron chi connectivity index (χ3n) is 8.36. The van der Waals surface area contributed by atoms with E-state index in [2.05, 4.69) is 34.4 Å². The molecule has 4 rings (SSSR count). The topological polar surface area (TPSA) is 393 Å². The lowest BCUT2D eigenvalue weighted by Gasteiger charge is -2.30. The molecule has 1 aromatic carbocycles. The smallest absolute Gasteiger partial charge is 0.481 e. The number of nitrogen functional groups attached to an aromatic ring is 1. The number of hydrogen-bond acceptors (Lipinski definition) is 20. The highest BCUT2D eigenvalue weighted by molar-refractivity contribution is 8.14. The van der Waals surface area contributed by atoms with Crippen LogP contribution in [0.1, 0.15) is 32.1 Å². The summed E-state index contributed by atoms with van der Waals surface area (Å²) in [6.07, 6.45) is -4.25. The van der Waals surface area contributed by atoms with Gasteiger partial charge in [-0.3, -0.25) is 32.5 Å². The number of methoxy groups -OCH3 is 1. The van der Waals surface area contributed by atoms with Crippen molar-refractivity contribution in [2.24, 2.45) is 5.41 Å². The zero-order valence-corrected chi connectivity index (χ0v) is 35.8. The molecule has 2 amide bonds. The first-order valence-electron chi connectivity index (χ1n) is 17.5. The van der Waals surface area contributed by atoms with E-state index in [-0.39, 0.29) is 58.9 Å². The van der Waals surface area contributed by atoms with Crippen LogP contribution in [0.5, 0.6) is 11.5 Å². The SMILES string of the molecule is COc1ccc(C=CC(=O)SCCNC(=O)CCNC(=O)[C@H](O)C(C)(C)COP(=O)(O)OP(=O)(O)OC[C@H]2O[C@@H](n3cnc4c(N)ncnc43)[C@H](O)[C@@H]2OP(=O)(O)O)cc1O. The van der Waals surface area contributed by atoms with Crippen LogP contribution in [0.15, 0.2) is 36.9 Å². The van der Waals surface area contributed by atoms with E-state index in [1.807, 2.05) is 0 Å². The number of benzene rings is 1. The van der Waals surface area contributed by atoms with Gasteiger partial charge in [-0.25, -0.2) is 28.6 Å². The zero-order valence-electron chi connectivity index (χ0n) is 32.3. The summed E-state index contributed by atoms with van der Waals surface area (Å²) in [4.78, 5) is 87.9. The van der Waals surface area contributed by atoms with Gasteiger partial charge in [0.05, 0.1) is 26.7 Å². The summed E-state index contributed by atoms with van der Waals surface area (Å²) in [7, 11) is -15.0. The fourth-order valence-corrected chi connectivity index (χ4v) is 8.70. The van der Waals surface area contributed by atoms with Gasteiger partial charge in [-0.1, -0.05) is 37.8 Å². The van der Waals surface area contributed by atoms with Gasteiger partial charge in [-0.15, -0.1) is 0 Å². The predicted molar refractivity (Wildman–Crippen MR) is 211 cm³/mol. The number of hydrogen-bond donors (Lipinski definition) is 10. The van der Waals surface area contributed by atoms with Crippen molar-refractivity contribution < 1.29 is 90.3 Å². The van der Waals surface area contributed by atoms with Crippen LogP contribution in [-0.2, 0) is 50.7 Å². The minimum absolute atomic E-state index is 0.0222. The number of aromatic nitrogens is 4. The van der Waals surface area contributed by atoms with Crippen molar-refractivity contribution in [3.63, 3.8) is 0 Å². The van der Waals surface area contributed by atoms with Crippen molar-refractivity contribution in [2.75, 3.05) is 44.9 Å². The van der Waals surface area contributed by atoms with Gasteiger partial charge < -0.3 is 60.7 Å². The van der Waals surface area contributed by atoms with Crippen LogP contribution in [-0.4, -0.2) is 135 Å². The van der Waals surface area contributed by atoms with Gasteiger partial charge in [-0.2, -0.15) is 4.31 Å². The number of nitrogens with zero attached hydrogens (tertiary/aromatic N) is 4. The molecule has 1 aliphatic heterocycles. The zero-order chi connectivity index (χ0) is 45.3. The second-order valence-electron chi connectivity index (χ2n) is 13.5. The van der Waals surface area contributed by atoms with E-state index in [1.165, 1.54) is 39.2 Å². The number of nitrogens with two attached hydrogens (primary N) is 1. The molecule has 0 bridgehead atoms. The number of aliphatic hydroxyl groups excluding tert-OH is 2. The number of nitrogens with one attached hydrogen (secondary N) is 2. The second kappa shape index (κ2) is 21.0. The van der Waals surface area contributed by atoms with Crippen molar-refractivity contribution in [1.82, 2.24) is 30.2 Å². The van der Waals surface area contributed by atoms with Crippen molar-refractivity contribution in [3.8, 4) is 11.5 Å². The van der Waals surface area contributed by atoms with Crippen molar-refractivity contribution in [1.29, 1.82) is 0 Å². The molecular formula is C31H44N7O19P3S. The molecule has 2 unspecified atom stereocenters. The number of phosphoric acid groups is 3. The first kappa shape index (κ1) is 49.8. The summed E-state index contributed by atoms with van der Waals surface area (Å²) >= 11 is 0.927. The van der Waals surface area contributed by atoms with Gasteiger partial charge >= 0.3 is 23.5 Å². The van der Waals surface area contributed by atoms with Crippen molar-refractivity contribution >= 4 is 75.2 Å². The maximum atomic E-state index is 12.7. The number of phenolic OH excluding ortho intramolecular Hbond substituents is 1. The molecule has 2 aromatic heterocycles. The van der Waals surface area contributed by atoms with Crippen LogP contribution in [0.3, 0.4) is 0 Å². The van der Waals surface area contributed by atoms with Gasteiger partial charge in [0.1, 0.15) is 36.3 Å². The Hall–Kier alpha value is -3.88. The molecule has 1 aliphatic rings. The Balaban J connectivity index is 1.20. The van der Waals surface area contributed by atoms with Crippen LogP contribution in [0.4, 0.5) is 5.82 Å². The minimum Gasteiger partial charge on any atom is -0.504 e. The highest BCUT2D eigenvalue weighted by atomic mass is 32.2. The first-order valence-corrected chi connectivity index (χ1v) is 23.0. The molecule has 11 N–H and O–H groups in total. The Morgan fingerprint density at radius 1 is 1.07 bits per heavy atom. The van der Waals surface area contributed by atoms with Gasteiger partial charge in [-0.05, 0) is 23.8 Å². The molecule has 0 saturated carbocycles. The number of aromatic hydroxyl groups is 1. The lowest BCUT2D eigenvalue weighted by atomic mass is 9.87. The minimum atomic E-state index is -5.59. The van der Waals surface area contributed by atoms with Crippen LogP contribution in [0.2, 0.25) is 0 Å². The molecule has 30 heteroatoms. The summed E-state index contributed by atoms with van der Waals surface area (Å²) in [6.45, 7) is 0.292. The largest absolute Gasteiger partial charge is 0.504 e. The number of phosphoric ester groups is 3. The van der Waals surface area contributed by atoms with E-state index in [4.69, 9.17) is 24.3 Å². The number of rotatable bonds is 22. The number of carbonyl (C=O) groups excluding carboxylic acids is 3. The fourth-order valence-electron chi connectivity index (χ4n) is 5.30. The fraction of sp³-hybridized carbons (Fsp3) is 0.484. The number of ether oxygens (including phenoxy) is 2. The van der Waals surface area contributed by atoms with Crippen molar-refractivity contribution in [2.45, 2.75) is 50.9 Å². The molecule has 1 fully saturated rings. The first-order chi connectivity index (χ1) is 28.4. The highest BCUT2D eigenvalue weighted by Gasteiger charge is 2.50. The quantitative estimate of drug-likeness (QED) is 0.0362. The molecule has 61 heavy (non-hydrogen) atoms. The average molecular weight is 944 g/mol. The van der Waals surface area contributed by atoms with Crippen LogP contribution in [0.25, 0.3) is 17.2 Å². The molecule has 3 aromatic rings. The summed E-state index contributed by atoms with van der Waals surface area (Å²) in [5.74, 6) is -1.12. The van der Waals surface area contributed by atoms with Gasteiger partial charge in [0.2, 0.25) is 16.9 Å². The normalized spacial score (nSPS) is 20.9. The molecule has 1 saturated heterocycles. The number of imidazole rings is 1. The lowest BCUT2D eigenvalue weighted by Crippen LogP contribution is -2.46. The molecule has 7 atom stereocenters. The lowest BCUT2D eigenvalue weighted by molar-refractivity contribution is -0.137. The summed E-state index contributed by atoms with van der Waals surface area (Å²) < 4.78 is 67.1. The molecule has 3 heterocycles. The van der Waals surface area contributed by atoms with Crippen molar-refractivity contribution in [3.05, 3.63) is 42.5 Å². The standard InChI is InChI=1S/C31H44N7O19P3S/c1-31(2,26(43)29(44)34-9-8-21(40)33-10-11-61-22(41)7-5-17-4-6-19(52-3)18(39)12-17)14-54-60(50,51)57-59(48,49)53-13-20-25(56-58(45,46)47)24(42)30(55-20)38-16-37-23-27(32)35-15-36-28(23)38/h4-7,12,15-16,20,24-26,30,39,42-43H,8-11,13-14H2,1-3H3,(H,33,40)(H,34,44)(H,48,49)(H,50,51)(H2,32,35,36)(H2,45,46,47)/t20-,24-,25-,26+,30-/m1/s1. The monoisotopic (exact) mass is 943 g/mol. The molecular weight excluding hydrogens is 899 g/mol. The Morgan fingerprint density at radius 3 is 2.44 bits per heavy atom. The van der Waals surface area contributed by atoms with Gasteiger partial charge in [0.25, 0.3) is 0 Å². The Bertz CT molecular complexity index is 2230. The molecule has 0 spiro atoms.